The molecule has 2 N–H and O–H groups in total. The van der Waals surface area contributed by atoms with Gasteiger partial charge in [-0.2, -0.15) is 0 Å². The maximum atomic E-state index is 13.2. The van der Waals surface area contributed by atoms with Crippen LogP contribution in [-0.2, 0) is 22.0 Å². The summed E-state index contributed by atoms with van der Waals surface area (Å²) in [6, 6.07) is 7.11. The molecule has 1 aromatic carbocycles. The second-order valence-electron chi connectivity index (χ2n) is 12.9. The van der Waals surface area contributed by atoms with E-state index in [0.29, 0.717) is 30.7 Å². The summed E-state index contributed by atoms with van der Waals surface area (Å²) in [6.45, 7) is 10.6. The van der Waals surface area contributed by atoms with Crippen LogP contribution in [0.2, 0.25) is 0 Å². The summed E-state index contributed by atoms with van der Waals surface area (Å²) >= 11 is 1.54. The first-order valence-corrected chi connectivity index (χ1v) is 14.6. The summed E-state index contributed by atoms with van der Waals surface area (Å²) in [5, 5.41) is 13.3. The van der Waals surface area contributed by atoms with E-state index in [1.54, 1.807) is 0 Å². The van der Waals surface area contributed by atoms with Gasteiger partial charge in [0.2, 0.25) is 0 Å². The lowest BCUT2D eigenvalue weighted by atomic mass is 9.82. The molecule has 2 saturated carbocycles. The summed E-state index contributed by atoms with van der Waals surface area (Å²) in [7, 11) is 0. The van der Waals surface area contributed by atoms with Crippen LogP contribution in [-0.4, -0.2) is 42.4 Å². The van der Waals surface area contributed by atoms with Gasteiger partial charge in [0.25, 0.3) is 5.91 Å². The van der Waals surface area contributed by atoms with Gasteiger partial charge in [0.1, 0.15) is 0 Å². The minimum atomic E-state index is -0.351. The molecular weight excluding hydrogens is 468 g/mol. The zero-order chi connectivity index (χ0) is 25.6. The maximum absolute atomic E-state index is 13.2. The van der Waals surface area contributed by atoms with E-state index >= 15 is 0 Å². The van der Waals surface area contributed by atoms with Crippen molar-refractivity contribution >= 4 is 17.2 Å². The van der Waals surface area contributed by atoms with Gasteiger partial charge >= 0.3 is 0 Å². The third-order valence-electron chi connectivity index (χ3n) is 8.63. The van der Waals surface area contributed by atoms with Crippen molar-refractivity contribution in [3.63, 3.8) is 0 Å². The van der Waals surface area contributed by atoms with Crippen LogP contribution in [0.15, 0.2) is 18.2 Å². The third kappa shape index (κ3) is 5.41. The number of ether oxygens (including phenoxy) is 1. The van der Waals surface area contributed by atoms with Crippen molar-refractivity contribution in [2.24, 2.45) is 11.3 Å². The van der Waals surface area contributed by atoms with Gasteiger partial charge in [-0.15, -0.1) is 11.3 Å². The first kappa shape index (κ1) is 25.9. The first-order chi connectivity index (χ1) is 17.1. The zero-order valence-corrected chi connectivity index (χ0v) is 23.2. The Morgan fingerprint density at radius 2 is 1.89 bits per heavy atom. The molecule has 36 heavy (non-hydrogen) atoms. The van der Waals surface area contributed by atoms with Crippen LogP contribution < -0.4 is 5.32 Å². The molecule has 0 atom stereocenters. The fourth-order valence-corrected chi connectivity index (χ4v) is 6.47. The lowest BCUT2D eigenvalue weighted by Gasteiger charge is -2.39. The second-order valence-corrected chi connectivity index (χ2v) is 13.9. The molecule has 2 aliphatic carbocycles. The van der Waals surface area contributed by atoms with Gasteiger partial charge < -0.3 is 15.2 Å². The summed E-state index contributed by atoms with van der Waals surface area (Å²) < 4.78 is 5.29. The molecule has 5 nitrogen and oxygen atoms in total. The number of hydrogen-bond acceptors (Lipinski definition) is 5. The Hall–Kier alpha value is -1.76. The van der Waals surface area contributed by atoms with E-state index in [2.05, 4.69) is 51.2 Å². The predicted octanol–water partition coefficient (Wildman–Crippen LogP) is 6.02. The summed E-state index contributed by atoms with van der Waals surface area (Å²) in [6.07, 6.45) is 9.85. The van der Waals surface area contributed by atoms with Crippen molar-refractivity contribution in [2.45, 2.75) is 89.9 Å². The molecule has 0 bridgehead atoms. The van der Waals surface area contributed by atoms with Crippen LogP contribution >= 0.6 is 11.3 Å². The van der Waals surface area contributed by atoms with Crippen molar-refractivity contribution in [3.05, 3.63) is 40.0 Å². The van der Waals surface area contributed by atoms with Gasteiger partial charge in [0.05, 0.1) is 35.8 Å². The molecule has 3 aliphatic rings. The number of aliphatic hydroxyl groups is 1. The standard InChI is InChI=1S/C30H42N2O3S/c1-28(2,3)22-13-21(14-23(15-22)29(4)10-11-29)25-24(12-20-8-6-5-7-9-20)32-27(36-25)26(34)31-16-30(17-33)18-35-19-30/h13-15,20,33H,5-12,16-19H2,1-4H3,(H,31,34). The number of aliphatic hydroxyl groups excluding tert-OH is 1. The van der Waals surface area contributed by atoms with E-state index in [9.17, 15) is 9.90 Å². The molecule has 3 fully saturated rings. The van der Waals surface area contributed by atoms with Crippen LogP contribution in [0.3, 0.4) is 0 Å². The number of benzene rings is 1. The number of carbonyl (C=O) groups excluding carboxylic acids is 1. The van der Waals surface area contributed by atoms with Crippen molar-refractivity contribution in [1.29, 1.82) is 0 Å². The van der Waals surface area contributed by atoms with E-state index in [-0.39, 0.29) is 28.8 Å². The van der Waals surface area contributed by atoms with Crippen LogP contribution in [0.25, 0.3) is 10.4 Å². The monoisotopic (exact) mass is 510 g/mol. The zero-order valence-electron chi connectivity index (χ0n) is 22.4. The Kier molecular flexibility index (Phi) is 7.08. The number of aromatic nitrogens is 1. The third-order valence-corrected chi connectivity index (χ3v) is 9.78. The topological polar surface area (TPSA) is 71.5 Å². The number of amides is 1. The lowest BCUT2D eigenvalue weighted by Crippen LogP contribution is -2.53. The number of nitrogens with zero attached hydrogens (tertiary/aromatic N) is 1. The molecule has 0 radical (unpaired) electrons. The quantitative estimate of drug-likeness (QED) is 0.455. The van der Waals surface area contributed by atoms with Gasteiger partial charge in [-0.1, -0.05) is 65.9 Å². The van der Waals surface area contributed by atoms with Gasteiger partial charge in [0.15, 0.2) is 5.01 Å². The Bertz CT molecular complexity index is 1070. The molecule has 0 unspecified atom stereocenters. The Morgan fingerprint density at radius 1 is 1.17 bits per heavy atom. The number of nitrogens with one attached hydrogen (secondary N) is 1. The fraction of sp³-hybridized carbons (Fsp3) is 0.667. The van der Waals surface area contributed by atoms with Crippen LogP contribution in [0.1, 0.15) is 99.3 Å². The Morgan fingerprint density at radius 3 is 2.47 bits per heavy atom. The summed E-state index contributed by atoms with van der Waals surface area (Å²) in [4.78, 5) is 19.3. The molecule has 5 rings (SSSR count). The molecule has 1 aliphatic heterocycles. The number of hydrogen-bond donors (Lipinski definition) is 2. The van der Waals surface area contributed by atoms with Gasteiger partial charge in [0, 0.05) is 6.54 Å². The SMILES string of the molecule is CC(C)(C)c1cc(-c2sc(C(=O)NCC3(CO)COC3)nc2CC2CCCCC2)cc(C2(C)CC2)c1. The number of carbonyl (C=O) groups is 1. The van der Waals surface area contributed by atoms with E-state index in [1.807, 2.05) is 0 Å². The van der Waals surface area contributed by atoms with E-state index < -0.39 is 0 Å². The smallest absolute Gasteiger partial charge is 0.280 e. The van der Waals surface area contributed by atoms with Crippen molar-refractivity contribution in [1.82, 2.24) is 10.3 Å². The minimum Gasteiger partial charge on any atom is -0.396 e. The van der Waals surface area contributed by atoms with E-state index in [1.165, 1.54) is 73.0 Å². The number of thiazole rings is 1. The summed E-state index contributed by atoms with van der Waals surface area (Å²) in [5.74, 6) is 0.503. The second kappa shape index (κ2) is 9.85. The van der Waals surface area contributed by atoms with Crippen molar-refractivity contribution in [2.75, 3.05) is 26.4 Å². The predicted molar refractivity (Wildman–Crippen MR) is 146 cm³/mol. The maximum Gasteiger partial charge on any atom is 0.280 e. The molecule has 1 aromatic heterocycles. The van der Waals surface area contributed by atoms with Gasteiger partial charge in [-0.25, -0.2) is 4.98 Å². The summed E-state index contributed by atoms with van der Waals surface area (Å²) in [5.41, 5.74) is 5.03. The molecule has 196 valence electrons. The highest BCUT2D eigenvalue weighted by Gasteiger charge is 2.40. The molecule has 0 spiro atoms. The Labute approximate surface area is 220 Å². The molecule has 1 amide bonds. The average Bonchev–Trinajstić information content (AvgIpc) is 3.45. The normalized spacial score (nSPS) is 21.1. The molecule has 1 saturated heterocycles. The lowest BCUT2D eigenvalue weighted by molar-refractivity contribution is -0.133. The van der Waals surface area contributed by atoms with Gasteiger partial charge in [-0.05, 0) is 64.8 Å². The van der Waals surface area contributed by atoms with Crippen molar-refractivity contribution in [3.8, 4) is 10.4 Å². The molecule has 6 heteroatoms. The largest absolute Gasteiger partial charge is 0.396 e. The van der Waals surface area contributed by atoms with Crippen LogP contribution in [0.5, 0.6) is 0 Å². The minimum absolute atomic E-state index is 0.0183. The van der Waals surface area contributed by atoms with Gasteiger partial charge in [-0.3, -0.25) is 4.79 Å². The highest BCUT2D eigenvalue weighted by molar-refractivity contribution is 7.17. The number of rotatable bonds is 8. The van der Waals surface area contributed by atoms with E-state index in [4.69, 9.17) is 9.72 Å². The van der Waals surface area contributed by atoms with Crippen LogP contribution in [0.4, 0.5) is 0 Å². The fourth-order valence-electron chi connectivity index (χ4n) is 5.48. The van der Waals surface area contributed by atoms with Crippen molar-refractivity contribution < 1.29 is 14.6 Å². The molecule has 2 heterocycles. The molecular formula is C30H42N2O3S. The Balaban J connectivity index is 1.49. The highest BCUT2D eigenvalue weighted by atomic mass is 32.1. The molecule has 2 aromatic rings. The highest BCUT2D eigenvalue weighted by Crippen LogP contribution is 2.50. The average molecular weight is 511 g/mol. The first-order valence-electron chi connectivity index (χ1n) is 13.7. The van der Waals surface area contributed by atoms with Crippen LogP contribution in [0, 0.1) is 11.3 Å². The van der Waals surface area contributed by atoms with E-state index in [0.717, 1.165) is 17.0 Å².